The second kappa shape index (κ2) is 13.6. The van der Waals surface area contributed by atoms with Gasteiger partial charge in [0.15, 0.2) is 12.2 Å². The van der Waals surface area contributed by atoms with Gasteiger partial charge in [-0.2, -0.15) is 26.3 Å². The Kier molecular flexibility index (Phi) is 10.5. The number of likely N-dealkylation sites (tertiary alicyclic amines) is 2. The van der Waals surface area contributed by atoms with E-state index in [9.17, 15) is 26.3 Å². The molecule has 0 aliphatic carbocycles. The van der Waals surface area contributed by atoms with Gasteiger partial charge in [-0.1, -0.05) is 24.3 Å². The Morgan fingerprint density at radius 3 is 1.49 bits per heavy atom. The SMILES string of the molecule is COc1cccc([C@H]2CCCN(C[C@H](O[C@@H](CN3CCC[C@H](c4cccc(OC)c4)C3)C(F)(F)F)C(F)(F)F)C2)c1. The Labute approximate surface area is 237 Å². The van der Waals surface area contributed by atoms with Crippen LogP contribution in [-0.4, -0.2) is 87.8 Å². The van der Waals surface area contributed by atoms with E-state index in [0.29, 0.717) is 50.5 Å². The second-order valence-corrected chi connectivity index (χ2v) is 10.9. The lowest BCUT2D eigenvalue weighted by molar-refractivity contribution is -0.290. The van der Waals surface area contributed by atoms with Gasteiger partial charge in [-0.15, -0.1) is 0 Å². The summed E-state index contributed by atoms with van der Waals surface area (Å²) < 4.78 is 100. The van der Waals surface area contributed by atoms with Crippen molar-refractivity contribution in [2.45, 2.75) is 62.1 Å². The summed E-state index contributed by atoms with van der Waals surface area (Å²) in [6.45, 7) is 0.0249. The Morgan fingerprint density at radius 2 is 1.12 bits per heavy atom. The fraction of sp³-hybridized carbons (Fsp3) is 0.600. The quantitative estimate of drug-likeness (QED) is 0.291. The maximum Gasteiger partial charge on any atom is 0.415 e. The molecule has 0 aromatic heterocycles. The molecule has 0 bridgehead atoms. The van der Waals surface area contributed by atoms with E-state index in [0.717, 1.165) is 24.0 Å². The monoisotopic (exact) mass is 588 g/mol. The highest BCUT2D eigenvalue weighted by molar-refractivity contribution is 5.32. The van der Waals surface area contributed by atoms with Crippen LogP contribution < -0.4 is 9.47 Å². The zero-order valence-corrected chi connectivity index (χ0v) is 23.4. The molecule has 0 saturated carbocycles. The highest BCUT2D eigenvalue weighted by Gasteiger charge is 2.50. The molecule has 2 aliphatic rings. The molecular weight excluding hydrogens is 550 g/mol. The summed E-state index contributed by atoms with van der Waals surface area (Å²) in [6.07, 6.45) is -12.2. The van der Waals surface area contributed by atoms with Crippen molar-refractivity contribution < 1.29 is 40.6 Å². The van der Waals surface area contributed by atoms with E-state index in [1.807, 2.05) is 36.4 Å². The fourth-order valence-electron chi connectivity index (χ4n) is 5.89. The van der Waals surface area contributed by atoms with Crippen LogP contribution in [0.2, 0.25) is 0 Å². The lowest BCUT2D eigenvalue weighted by Crippen LogP contribution is -2.52. The minimum absolute atomic E-state index is 0.0481. The Bertz CT molecular complexity index is 1030. The van der Waals surface area contributed by atoms with Crippen molar-refractivity contribution in [3.8, 4) is 11.5 Å². The van der Waals surface area contributed by atoms with Crippen LogP contribution in [0.1, 0.15) is 48.6 Å². The molecule has 4 atom stereocenters. The van der Waals surface area contributed by atoms with Gasteiger partial charge >= 0.3 is 12.4 Å². The number of methoxy groups -OCH3 is 2. The van der Waals surface area contributed by atoms with Gasteiger partial charge in [-0.25, -0.2) is 0 Å². The highest BCUT2D eigenvalue weighted by atomic mass is 19.4. The molecule has 0 unspecified atom stereocenters. The number of hydrogen-bond donors (Lipinski definition) is 0. The van der Waals surface area contributed by atoms with Crippen LogP contribution in [0.4, 0.5) is 26.3 Å². The van der Waals surface area contributed by atoms with E-state index in [1.165, 1.54) is 14.2 Å². The van der Waals surface area contributed by atoms with Crippen LogP contribution in [0.5, 0.6) is 11.5 Å². The van der Waals surface area contributed by atoms with Gasteiger partial charge in [0.2, 0.25) is 0 Å². The number of rotatable bonds is 10. The molecule has 11 heteroatoms. The van der Waals surface area contributed by atoms with E-state index >= 15 is 0 Å². The summed E-state index contributed by atoms with van der Waals surface area (Å²) in [5.41, 5.74) is 1.87. The number of hydrogen-bond acceptors (Lipinski definition) is 5. The van der Waals surface area contributed by atoms with Crippen molar-refractivity contribution in [3.63, 3.8) is 0 Å². The average molecular weight is 589 g/mol. The molecule has 5 nitrogen and oxygen atoms in total. The van der Waals surface area contributed by atoms with E-state index in [4.69, 9.17) is 14.2 Å². The largest absolute Gasteiger partial charge is 0.497 e. The minimum atomic E-state index is -4.95. The van der Waals surface area contributed by atoms with Crippen molar-refractivity contribution in [2.75, 3.05) is 53.5 Å². The first kappa shape index (κ1) is 31.4. The van der Waals surface area contributed by atoms with Crippen LogP contribution in [0.3, 0.4) is 0 Å². The summed E-state index contributed by atoms with van der Waals surface area (Å²) in [4.78, 5) is 3.14. The van der Waals surface area contributed by atoms with Crippen molar-refractivity contribution in [3.05, 3.63) is 59.7 Å². The lowest BCUT2D eigenvalue weighted by atomic mass is 9.90. The maximum atomic E-state index is 14.1. The Hall–Kier alpha value is -2.50. The van der Waals surface area contributed by atoms with Crippen LogP contribution >= 0.6 is 0 Å². The maximum absolute atomic E-state index is 14.1. The third kappa shape index (κ3) is 8.75. The van der Waals surface area contributed by atoms with E-state index in [1.54, 1.807) is 21.9 Å². The van der Waals surface area contributed by atoms with E-state index in [-0.39, 0.29) is 11.8 Å². The summed E-state index contributed by atoms with van der Waals surface area (Å²) in [5, 5.41) is 0. The van der Waals surface area contributed by atoms with Crippen LogP contribution in [0.15, 0.2) is 48.5 Å². The van der Waals surface area contributed by atoms with Gasteiger partial charge in [0.25, 0.3) is 0 Å². The highest BCUT2D eigenvalue weighted by Crippen LogP contribution is 2.35. The van der Waals surface area contributed by atoms with Crippen molar-refractivity contribution in [1.29, 1.82) is 0 Å². The Morgan fingerprint density at radius 1 is 0.707 bits per heavy atom. The van der Waals surface area contributed by atoms with Gasteiger partial charge < -0.3 is 14.2 Å². The summed E-state index contributed by atoms with van der Waals surface area (Å²) >= 11 is 0. The number of ether oxygens (including phenoxy) is 3. The Balaban J connectivity index is 1.43. The van der Waals surface area contributed by atoms with Gasteiger partial charge in [-0.05, 0) is 86.0 Å². The first-order chi connectivity index (χ1) is 19.5. The van der Waals surface area contributed by atoms with E-state index < -0.39 is 37.7 Å². The molecule has 0 spiro atoms. The van der Waals surface area contributed by atoms with Crippen molar-refractivity contribution in [2.24, 2.45) is 0 Å². The number of piperidine rings is 2. The molecule has 2 aliphatic heterocycles. The number of halogens is 6. The standard InChI is InChI=1S/C30H38F6N2O3/c1-39-25-11-3-7-21(15-25)23-9-5-13-37(17-23)19-27(29(31,32)33)41-28(30(34,35)36)20-38-14-6-10-24(18-38)22-8-4-12-26(16-22)40-2/h3-4,7-8,11-12,15-16,23-24,27-28H,5-6,9-10,13-14,17-20H2,1-2H3/t23-,24-,27-,28-/m0/s1. The number of alkyl halides is 6. The van der Waals surface area contributed by atoms with Crippen molar-refractivity contribution >= 4 is 0 Å². The molecule has 2 heterocycles. The first-order valence-corrected chi connectivity index (χ1v) is 14.0. The molecule has 41 heavy (non-hydrogen) atoms. The fourth-order valence-corrected chi connectivity index (χ4v) is 5.89. The molecule has 228 valence electrons. The van der Waals surface area contributed by atoms with Crippen LogP contribution in [0, 0.1) is 0 Å². The summed E-state index contributed by atoms with van der Waals surface area (Å²) in [5.74, 6) is 1.20. The molecule has 4 rings (SSSR count). The molecule has 2 fully saturated rings. The third-order valence-electron chi connectivity index (χ3n) is 8.05. The van der Waals surface area contributed by atoms with Gasteiger partial charge in [0.1, 0.15) is 11.5 Å². The molecule has 2 saturated heterocycles. The predicted octanol–water partition coefficient (Wildman–Crippen LogP) is 6.64. The smallest absolute Gasteiger partial charge is 0.415 e. The summed E-state index contributed by atoms with van der Waals surface area (Å²) in [7, 11) is 3.08. The average Bonchev–Trinajstić information content (AvgIpc) is 2.95. The number of nitrogens with zero attached hydrogens (tertiary/aromatic N) is 2. The number of benzene rings is 2. The topological polar surface area (TPSA) is 34.2 Å². The van der Waals surface area contributed by atoms with Gasteiger partial charge in [-0.3, -0.25) is 9.80 Å². The molecule has 2 aromatic rings. The lowest BCUT2D eigenvalue weighted by Gasteiger charge is -2.39. The minimum Gasteiger partial charge on any atom is -0.497 e. The normalized spacial score (nSPS) is 22.7. The molecule has 2 aromatic carbocycles. The first-order valence-electron chi connectivity index (χ1n) is 14.0. The molecule has 0 radical (unpaired) electrons. The van der Waals surface area contributed by atoms with E-state index in [2.05, 4.69) is 0 Å². The second-order valence-electron chi connectivity index (χ2n) is 10.9. The van der Waals surface area contributed by atoms with Gasteiger partial charge in [0.05, 0.1) is 14.2 Å². The molecule has 0 amide bonds. The van der Waals surface area contributed by atoms with Crippen LogP contribution in [0.25, 0.3) is 0 Å². The summed E-state index contributed by atoms with van der Waals surface area (Å²) in [6, 6.07) is 14.7. The van der Waals surface area contributed by atoms with Crippen LogP contribution in [-0.2, 0) is 4.74 Å². The molecule has 0 N–H and O–H groups in total. The zero-order chi connectivity index (χ0) is 29.6. The predicted molar refractivity (Wildman–Crippen MR) is 144 cm³/mol. The molecular formula is C30H38F6N2O3. The third-order valence-corrected chi connectivity index (χ3v) is 8.05. The zero-order valence-electron chi connectivity index (χ0n) is 23.4. The van der Waals surface area contributed by atoms with Crippen molar-refractivity contribution in [1.82, 2.24) is 9.80 Å². The van der Waals surface area contributed by atoms with Gasteiger partial charge in [0, 0.05) is 26.2 Å².